The lowest BCUT2D eigenvalue weighted by molar-refractivity contribution is -0.116. The maximum Gasteiger partial charge on any atom is 0.251 e. The number of nitrogens with two attached hydrogens (primary N) is 1. The lowest BCUT2D eigenvalue weighted by atomic mass is 10.1. The third-order valence-corrected chi connectivity index (χ3v) is 6.21. The Morgan fingerprint density at radius 1 is 1.10 bits per heavy atom. The number of ether oxygens (including phenoxy) is 1. The molecular weight excluding hydrogens is 388 g/mol. The highest BCUT2D eigenvalue weighted by molar-refractivity contribution is 7.17. The van der Waals surface area contributed by atoms with E-state index < -0.39 is 5.91 Å². The molecule has 1 aromatic carbocycles. The van der Waals surface area contributed by atoms with Gasteiger partial charge in [-0.05, 0) is 68.9 Å². The molecule has 154 valence electrons. The number of benzene rings is 1. The minimum absolute atomic E-state index is 0.00873. The molecule has 0 saturated carbocycles. The van der Waals surface area contributed by atoms with Gasteiger partial charge < -0.3 is 15.8 Å². The van der Waals surface area contributed by atoms with Crippen LogP contribution in [0.15, 0.2) is 24.3 Å². The van der Waals surface area contributed by atoms with E-state index in [1.54, 1.807) is 24.3 Å². The van der Waals surface area contributed by atoms with Crippen LogP contribution in [0.1, 0.15) is 70.2 Å². The first-order chi connectivity index (χ1) is 14.0. The molecule has 0 atom stereocenters. The number of anilines is 1. The van der Waals surface area contributed by atoms with Gasteiger partial charge in [-0.15, -0.1) is 11.3 Å². The first-order valence-electron chi connectivity index (χ1n) is 9.93. The Bertz CT molecular complexity index is 902. The minimum Gasteiger partial charge on any atom is -0.494 e. The topological polar surface area (TPSA) is 98.5 Å². The molecule has 0 aliphatic heterocycles. The quantitative estimate of drug-likeness (QED) is 0.386. The van der Waals surface area contributed by atoms with Gasteiger partial charge in [-0.25, -0.2) is 0 Å². The normalized spacial score (nSPS) is 13.3. The van der Waals surface area contributed by atoms with Crippen LogP contribution in [0.3, 0.4) is 0 Å². The summed E-state index contributed by atoms with van der Waals surface area (Å²) in [4.78, 5) is 36.8. The second-order valence-electron chi connectivity index (χ2n) is 7.21. The van der Waals surface area contributed by atoms with Crippen molar-refractivity contribution >= 4 is 33.9 Å². The number of hydrogen-bond acceptors (Lipinski definition) is 5. The molecule has 1 aromatic heterocycles. The summed E-state index contributed by atoms with van der Waals surface area (Å²) in [6, 6.07) is 6.93. The number of nitrogens with one attached hydrogen (secondary N) is 1. The van der Waals surface area contributed by atoms with Crippen molar-refractivity contribution in [2.75, 3.05) is 11.9 Å². The lowest BCUT2D eigenvalue weighted by Gasteiger charge is -2.08. The van der Waals surface area contributed by atoms with Gasteiger partial charge in [-0.3, -0.25) is 14.4 Å². The number of amides is 2. The number of ketones is 1. The number of primary amides is 1. The van der Waals surface area contributed by atoms with Crippen molar-refractivity contribution in [1.29, 1.82) is 0 Å². The van der Waals surface area contributed by atoms with Crippen molar-refractivity contribution < 1.29 is 19.1 Å². The van der Waals surface area contributed by atoms with Gasteiger partial charge in [-0.1, -0.05) is 6.42 Å². The largest absolute Gasteiger partial charge is 0.494 e. The van der Waals surface area contributed by atoms with Gasteiger partial charge in [0.1, 0.15) is 10.8 Å². The molecule has 3 rings (SSSR count). The van der Waals surface area contributed by atoms with Crippen molar-refractivity contribution in [2.24, 2.45) is 5.73 Å². The molecule has 0 spiro atoms. The van der Waals surface area contributed by atoms with E-state index in [4.69, 9.17) is 10.5 Å². The Labute approximate surface area is 174 Å². The molecule has 0 bridgehead atoms. The number of Topliss-reactive ketones (excluding diaryl/α,β-unsaturated/α-hetero) is 1. The molecule has 6 nitrogen and oxygen atoms in total. The van der Waals surface area contributed by atoms with Gasteiger partial charge in [0.15, 0.2) is 5.78 Å². The van der Waals surface area contributed by atoms with Gasteiger partial charge in [0.05, 0.1) is 12.2 Å². The number of carbonyl (C=O) groups is 3. The Morgan fingerprint density at radius 2 is 1.83 bits per heavy atom. The van der Waals surface area contributed by atoms with Gasteiger partial charge in [0.2, 0.25) is 5.91 Å². The van der Waals surface area contributed by atoms with E-state index in [9.17, 15) is 14.4 Å². The summed E-state index contributed by atoms with van der Waals surface area (Å²) in [7, 11) is 0. The average Bonchev–Trinajstić information content (AvgIpc) is 2.86. The third-order valence-electron chi connectivity index (χ3n) is 5.00. The van der Waals surface area contributed by atoms with Crippen LogP contribution in [0.25, 0.3) is 0 Å². The summed E-state index contributed by atoms with van der Waals surface area (Å²) >= 11 is 1.48. The van der Waals surface area contributed by atoms with Crippen LogP contribution in [0, 0.1) is 0 Å². The number of aryl methyl sites for hydroxylation is 1. The molecule has 1 aliphatic rings. The zero-order valence-electron chi connectivity index (χ0n) is 16.6. The SMILES string of the molecule is CC(=O)c1ccc(OCCCC(=O)Nc2sc3c(c2C(N)=O)CCCCC3)cc1. The Hall–Kier alpha value is -2.67. The van der Waals surface area contributed by atoms with Crippen molar-refractivity contribution in [2.45, 2.75) is 51.9 Å². The van der Waals surface area contributed by atoms with Gasteiger partial charge in [-0.2, -0.15) is 0 Å². The van der Waals surface area contributed by atoms with E-state index in [-0.39, 0.29) is 18.1 Å². The maximum atomic E-state index is 12.3. The summed E-state index contributed by atoms with van der Waals surface area (Å²) in [5.74, 6) is 0.0410. The highest BCUT2D eigenvalue weighted by atomic mass is 32.1. The van der Waals surface area contributed by atoms with E-state index in [0.717, 1.165) is 37.7 Å². The fourth-order valence-corrected chi connectivity index (χ4v) is 4.80. The Balaban J connectivity index is 1.52. The molecule has 29 heavy (non-hydrogen) atoms. The fraction of sp³-hybridized carbons (Fsp3) is 0.409. The first-order valence-corrected chi connectivity index (χ1v) is 10.8. The number of thiophene rings is 1. The zero-order valence-corrected chi connectivity index (χ0v) is 17.4. The Morgan fingerprint density at radius 3 is 2.52 bits per heavy atom. The highest BCUT2D eigenvalue weighted by Gasteiger charge is 2.24. The molecule has 1 heterocycles. The van der Waals surface area contributed by atoms with E-state index in [2.05, 4.69) is 5.32 Å². The van der Waals surface area contributed by atoms with Gasteiger partial charge in [0.25, 0.3) is 5.91 Å². The maximum absolute atomic E-state index is 12.3. The summed E-state index contributed by atoms with van der Waals surface area (Å²) in [6.45, 7) is 1.90. The molecule has 2 aromatic rings. The molecule has 0 unspecified atom stereocenters. The fourth-order valence-electron chi connectivity index (χ4n) is 3.49. The molecule has 7 heteroatoms. The van der Waals surface area contributed by atoms with E-state index >= 15 is 0 Å². The van der Waals surface area contributed by atoms with Crippen LogP contribution in [0.5, 0.6) is 5.75 Å². The van der Waals surface area contributed by atoms with Crippen molar-refractivity contribution in [3.63, 3.8) is 0 Å². The molecule has 0 fully saturated rings. The third kappa shape index (κ3) is 5.44. The Kier molecular flexibility index (Phi) is 7.04. The standard InChI is InChI=1S/C22H26N2O4S/c1-14(25)15-9-11-16(12-10-15)28-13-5-8-19(26)24-22-20(21(23)27)17-6-3-2-4-7-18(17)29-22/h9-12H,2-8,13H2,1H3,(H2,23,27)(H,24,26). The summed E-state index contributed by atoms with van der Waals surface area (Å²) < 4.78 is 5.62. The smallest absolute Gasteiger partial charge is 0.251 e. The summed E-state index contributed by atoms with van der Waals surface area (Å²) in [5.41, 5.74) is 7.74. The van der Waals surface area contributed by atoms with Crippen molar-refractivity contribution in [3.8, 4) is 5.75 Å². The summed E-state index contributed by atoms with van der Waals surface area (Å²) in [6.07, 6.45) is 5.90. The van der Waals surface area contributed by atoms with E-state index in [1.807, 2.05) is 0 Å². The number of fused-ring (bicyclic) bond motifs is 1. The first kappa shape index (κ1) is 21.0. The number of carbonyl (C=O) groups excluding carboxylic acids is 3. The minimum atomic E-state index is -0.475. The predicted molar refractivity (Wildman–Crippen MR) is 114 cm³/mol. The lowest BCUT2D eigenvalue weighted by Crippen LogP contribution is -2.18. The second-order valence-corrected chi connectivity index (χ2v) is 8.32. The molecule has 0 saturated heterocycles. The van der Waals surface area contributed by atoms with Crippen LogP contribution >= 0.6 is 11.3 Å². The van der Waals surface area contributed by atoms with Gasteiger partial charge >= 0.3 is 0 Å². The predicted octanol–water partition coefficient (Wildman–Crippen LogP) is 4.12. The van der Waals surface area contributed by atoms with E-state index in [1.165, 1.54) is 23.1 Å². The summed E-state index contributed by atoms with van der Waals surface area (Å²) in [5, 5.41) is 3.45. The van der Waals surface area contributed by atoms with E-state index in [0.29, 0.717) is 34.9 Å². The molecule has 1 aliphatic carbocycles. The van der Waals surface area contributed by atoms with Crippen LogP contribution in [0.4, 0.5) is 5.00 Å². The monoisotopic (exact) mass is 414 g/mol. The average molecular weight is 415 g/mol. The molecular formula is C22H26N2O4S. The van der Waals surface area contributed by atoms with Crippen LogP contribution < -0.4 is 15.8 Å². The van der Waals surface area contributed by atoms with Crippen molar-refractivity contribution in [1.82, 2.24) is 0 Å². The molecule has 0 radical (unpaired) electrons. The molecule has 3 N–H and O–H groups in total. The second kappa shape index (κ2) is 9.69. The highest BCUT2D eigenvalue weighted by Crippen LogP contribution is 2.37. The number of rotatable bonds is 8. The van der Waals surface area contributed by atoms with Crippen LogP contribution in [-0.2, 0) is 17.6 Å². The van der Waals surface area contributed by atoms with Crippen molar-refractivity contribution in [3.05, 3.63) is 45.8 Å². The van der Waals surface area contributed by atoms with Crippen LogP contribution in [-0.4, -0.2) is 24.2 Å². The van der Waals surface area contributed by atoms with Crippen LogP contribution in [0.2, 0.25) is 0 Å². The van der Waals surface area contributed by atoms with Gasteiger partial charge in [0, 0.05) is 16.9 Å². The molecule has 2 amide bonds. The number of hydrogen-bond donors (Lipinski definition) is 2. The zero-order chi connectivity index (χ0) is 20.8.